The number of aromatic nitrogens is 1. The standard InChI is InChI=1S/C19H24FN3O3S/c1-22(11-19(24)25)16-6-8-23(9-7-16)10-15-13-27-18(21-15)12-26-17-4-2-14(20)3-5-17/h2-5,13,16H,6-12H2,1H3,(H,24,25). The summed E-state index contributed by atoms with van der Waals surface area (Å²) in [6, 6.07) is 6.29. The van der Waals surface area contributed by atoms with Gasteiger partial charge in [-0.3, -0.25) is 14.6 Å². The monoisotopic (exact) mass is 393 g/mol. The maximum Gasteiger partial charge on any atom is 0.317 e. The Labute approximate surface area is 162 Å². The van der Waals surface area contributed by atoms with Crippen molar-refractivity contribution in [3.05, 3.63) is 46.2 Å². The first kappa shape index (κ1) is 19.7. The fourth-order valence-corrected chi connectivity index (χ4v) is 3.95. The molecule has 0 aliphatic carbocycles. The summed E-state index contributed by atoms with van der Waals surface area (Å²) in [6.45, 7) is 3.13. The van der Waals surface area contributed by atoms with E-state index in [0.29, 0.717) is 18.4 Å². The number of nitrogens with zero attached hydrogens (tertiary/aromatic N) is 3. The molecular formula is C19H24FN3O3S. The number of hydrogen-bond acceptors (Lipinski definition) is 6. The summed E-state index contributed by atoms with van der Waals surface area (Å²) in [6.07, 6.45) is 1.93. The van der Waals surface area contributed by atoms with Gasteiger partial charge in [0.2, 0.25) is 0 Å². The molecule has 0 radical (unpaired) electrons. The molecule has 1 N–H and O–H groups in total. The fourth-order valence-electron chi connectivity index (χ4n) is 3.25. The number of piperidine rings is 1. The van der Waals surface area contributed by atoms with Crippen LogP contribution in [0.3, 0.4) is 0 Å². The number of carbonyl (C=O) groups is 1. The first-order valence-electron chi connectivity index (χ1n) is 8.95. The van der Waals surface area contributed by atoms with Crippen LogP contribution in [0.1, 0.15) is 23.5 Å². The molecule has 8 heteroatoms. The number of carboxylic acids is 1. The summed E-state index contributed by atoms with van der Waals surface area (Å²) < 4.78 is 18.5. The Bertz CT molecular complexity index is 745. The van der Waals surface area contributed by atoms with Gasteiger partial charge in [0.15, 0.2) is 0 Å². The number of ether oxygens (including phenoxy) is 1. The zero-order chi connectivity index (χ0) is 19.2. The van der Waals surface area contributed by atoms with Gasteiger partial charge in [0.25, 0.3) is 0 Å². The first-order valence-corrected chi connectivity index (χ1v) is 9.83. The van der Waals surface area contributed by atoms with Crippen molar-refractivity contribution in [1.82, 2.24) is 14.8 Å². The van der Waals surface area contributed by atoms with Crippen LogP contribution in [0.15, 0.2) is 29.6 Å². The van der Waals surface area contributed by atoms with E-state index in [1.54, 1.807) is 23.5 Å². The van der Waals surface area contributed by atoms with Gasteiger partial charge in [-0.25, -0.2) is 9.37 Å². The van der Waals surface area contributed by atoms with Crippen molar-refractivity contribution in [2.75, 3.05) is 26.7 Å². The molecule has 2 aromatic rings. The lowest BCUT2D eigenvalue weighted by Gasteiger charge is -2.35. The van der Waals surface area contributed by atoms with Crippen molar-refractivity contribution in [2.45, 2.75) is 32.0 Å². The van der Waals surface area contributed by atoms with Crippen molar-refractivity contribution in [3.8, 4) is 5.75 Å². The molecule has 1 aliphatic heterocycles. The maximum atomic E-state index is 12.9. The van der Waals surface area contributed by atoms with Gasteiger partial charge in [0.1, 0.15) is 23.2 Å². The number of benzene rings is 1. The second-order valence-corrected chi connectivity index (χ2v) is 7.73. The van der Waals surface area contributed by atoms with Crippen LogP contribution in [-0.2, 0) is 17.9 Å². The Hall–Kier alpha value is -2.03. The number of rotatable bonds is 8. The third-order valence-corrected chi connectivity index (χ3v) is 5.60. The zero-order valence-corrected chi connectivity index (χ0v) is 16.1. The van der Waals surface area contributed by atoms with E-state index in [2.05, 4.69) is 9.88 Å². The Balaban J connectivity index is 1.43. The van der Waals surface area contributed by atoms with E-state index in [-0.39, 0.29) is 12.4 Å². The molecule has 2 heterocycles. The molecule has 0 spiro atoms. The van der Waals surface area contributed by atoms with E-state index in [1.165, 1.54) is 12.1 Å². The molecule has 0 saturated carbocycles. The minimum atomic E-state index is -0.780. The third-order valence-electron chi connectivity index (χ3n) is 4.73. The van der Waals surface area contributed by atoms with Crippen molar-refractivity contribution in [3.63, 3.8) is 0 Å². The van der Waals surface area contributed by atoms with Crippen LogP contribution in [0.5, 0.6) is 5.75 Å². The fraction of sp³-hybridized carbons (Fsp3) is 0.474. The number of hydrogen-bond donors (Lipinski definition) is 1. The van der Waals surface area contributed by atoms with Gasteiger partial charge in [-0.2, -0.15) is 0 Å². The van der Waals surface area contributed by atoms with Crippen LogP contribution in [0.4, 0.5) is 4.39 Å². The highest BCUT2D eigenvalue weighted by molar-refractivity contribution is 7.09. The number of aliphatic carboxylic acids is 1. The Kier molecular flexibility index (Phi) is 6.76. The maximum absolute atomic E-state index is 12.9. The van der Waals surface area contributed by atoms with Gasteiger partial charge in [-0.05, 0) is 44.2 Å². The highest BCUT2D eigenvalue weighted by Crippen LogP contribution is 2.20. The lowest BCUT2D eigenvalue weighted by Crippen LogP contribution is -2.44. The van der Waals surface area contributed by atoms with E-state index in [1.807, 2.05) is 17.3 Å². The SMILES string of the molecule is CN(CC(=O)O)C1CCN(Cc2csc(COc3ccc(F)cc3)n2)CC1. The van der Waals surface area contributed by atoms with E-state index in [0.717, 1.165) is 43.2 Å². The Morgan fingerprint density at radius 1 is 1.37 bits per heavy atom. The Morgan fingerprint density at radius 2 is 2.07 bits per heavy atom. The van der Waals surface area contributed by atoms with Crippen LogP contribution < -0.4 is 4.74 Å². The highest BCUT2D eigenvalue weighted by atomic mass is 32.1. The quantitative estimate of drug-likeness (QED) is 0.744. The molecule has 0 amide bonds. The summed E-state index contributed by atoms with van der Waals surface area (Å²) in [4.78, 5) is 19.7. The largest absolute Gasteiger partial charge is 0.486 e. The van der Waals surface area contributed by atoms with Crippen molar-refractivity contribution in [2.24, 2.45) is 0 Å². The van der Waals surface area contributed by atoms with Crippen LogP contribution in [0.25, 0.3) is 0 Å². The van der Waals surface area contributed by atoms with E-state index in [9.17, 15) is 9.18 Å². The topological polar surface area (TPSA) is 65.9 Å². The molecule has 146 valence electrons. The molecule has 3 rings (SSSR count). The van der Waals surface area contributed by atoms with Crippen LogP contribution in [0.2, 0.25) is 0 Å². The molecular weight excluding hydrogens is 369 g/mol. The minimum Gasteiger partial charge on any atom is -0.486 e. The number of likely N-dealkylation sites (N-methyl/N-ethyl adjacent to an activating group) is 1. The molecule has 0 unspecified atom stereocenters. The van der Waals surface area contributed by atoms with Crippen LogP contribution in [-0.4, -0.2) is 58.6 Å². The van der Waals surface area contributed by atoms with Crippen LogP contribution >= 0.6 is 11.3 Å². The minimum absolute atomic E-state index is 0.0914. The molecule has 6 nitrogen and oxygen atoms in total. The van der Waals surface area contributed by atoms with Crippen molar-refractivity contribution in [1.29, 1.82) is 0 Å². The van der Waals surface area contributed by atoms with Gasteiger partial charge in [0.05, 0.1) is 12.2 Å². The summed E-state index contributed by atoms with van der Waals surface area (Å²) >= 11 is 1.56. The average Bonchev–Trinajstić information content (AvgIpc) is 3.08. The zero-order valence-electron chi connectivity index (χ0n) is 15.3. The third kappa shape index (κ3) is 5.98. The summed E-state index contributed by atoms with van der Waals surface area (Å²) in [7, 11) is 1.88. The molecule has 0 bridgehead atoms. The molecule has 1 aliphatic rings. The van der Waals surface area contributed by atoms with E-state index in [4.69, 9.17) is 9.84 Å². The smallest absolute Gasteiger partial charge is 0.317 e. The van der Waals surface area contributed by atoms with Gasteiger partial charge in [-0.1, -0.05) is 0 Å². The summed E-state index contributed by atoms with van der Waals surface area (Å²) in [5, 5.41) is 11.8. The lowest BCUT2D eigenvalue weighted by atomic mass is 10.0. The second-order valence-electron chi connectivity index (χ2n) is 6.79. The summed E-state index contributed by atoms with van der Waals surface area (Å²) in [5.74, 6) is -0.435. The van der Waals surface area contributed by atoms with Crippen molar-refractivity contribution < 1.29 is 19.0 Å². The number of likely N-dealkylation sites (tertiary alicyclic amines) is 1. The number of halogens is 1. The first-order chi connectivity index (χ1) is 13.0. The molecule has 27 heavy (non-hydrogen) atoms. The molecule has 1 fully saturated rings. The van der Waals surface area contributed by atoms with Gasteiger partial charge in [0, 0.05) is 31.1 Å². The molecule has 1 aromatic carbocycles. The van der Waals surface area contributed by atoms with Crippen molar-refractivity contribution >= 4 is 17.3 Å². The van der Waals surface area contributed by atoms with Gasteiger partial charge < -0.3 is 9.84 Å². The van der Waals surface area contributed by atoms with Gasteiger partial charge >= 0.3 is 5.97 Å². The average molecular weight is 393 g/mol. The predicted octanol–water partition coefficient (Wildman–Crippen LogP) is 2.84. The normalized spacial score (nSPS) is 16.0. The van der Waals surface area contributed by atoms with Gasteiger partial charge in [-0.15, -0.1) is 11.3 Å². The number of thiazole rings is 1. The van der Waals surface area contributed by atoms with Crippen LogP contribution in [0, 0.1) is 5.82 Å². The highest BCUT2D eigenvalue weighted by Gasteiger charge is 2.24. The molecule has 1 saturated heterocycles. The molecule has 1 aromatic heterocycles. The number of carboxylic acid groups (broad SMARTS) is 1. The van der Waals surface area contributed by atoms with E-state index >= 15 is 0 Å². The summed E-state index contributed by atoms with van der Waals surface area (Å²) in [5.41, 5.74) is 1.02. The second kappa shape index (κ2) is 9.25. The lowest BCUT2D eigenvalue weighted by molar-refractivity contribution is -0.138. The Morgan fingerprint density at radius 3 is 2.74 bits per heavy atom. The van der Waals surface area contributed by atoms with E-state index < -0.39 is 5.97 Å². The predicted molar refractivity (Wildman–Crippen MR) is 101 cm³/mol. The molecule has 0 atom stereocenters.